The standard InChI is InChI=1S/C24H24N2S4/c1-3-17-11-5-9-15-21(17)29-23(27)25-19-13-7-8-14-20(19)26-24(28)30-22-16-10-6-12-18(22)4-2/h5-16H,3-4H2,1-2H3,(H,25,27)(H,26,28). The molecule has 0 aliphatic carbocycles. The van der Waals surface area contributed by atoms with Gasteiger partial charge in [0.05, 0.1) is 11.4 Å². The third-order valence-electron chi connectivity index (χ3n) is 4.51. The molecule has 0 amide bonds. The van der Waals surface area contributed by atoms with Crippen molar-refractivity contribution in [1.29, 1.82) is 0 Å². The fourth-order valence-electron chi connectivity index (χ4n) is 2.96. The predicted molar refractivity (Wildman–Crippen MR) is 142 cm³/mol. The Morgan fingerprint density at radius 2 is 1.00 bits per heavy atom. The first-order valence-corrected chi connectivity index (χ1v) is 12.3. The molecule has 0 aliphatic heterocycles. The lowest BCUT2D eigenvalue weighted by Gasteiger charge is -2.16. The van der Waals surface area contributed by atoms with Gasteiger partial charge in [0.15, 0.2) is 0 Å². The van der Waals surface area contributed by atoms with Crippen molar-refractivity contribution in [1.82, 2.24) is 0 Å². The van der Waals surface area contributed by atoms with Gasteiger partial charge in [-0.15, -0.1) is 0 Å². The van der Waals surface area contributed by atoms with E-state index in [9.17, 15) is 0 Å². The number of hydrogen-bond acceptors (Lipinski definition) is 4. The van der Waals surface area contributed by atoms with Gasteiger partial charge in [-0.25, -0.2) is 0 Å². The summed E-state index contributed by atoms with van der Waals surface area (Å²) in [4.78, 5) is 2.37. The van der Waals surface area contributed by atoms with Gasteiger partial charge in [0, 0.05) is 9.79 Å². The first-order chi connectivity index (χ1) is 14.6. The molecule has 2 nitrogen and oxygen atoms in total. The molecule has 0 atom stereocenters. The molecule has 0 aromatic heterocycles. The minimum absolute atomic E-state index is 0.708. The van der Waals surface area contributed by atoms with E-state index in [1.54, 1.807) is 23.5 Å². The van der Waals surface area contributed by atoms with Crippen molar-refractivity contribution < 1.29 is 0 Å². The summed E-state index contributed by atoms with van der Waals surface area (Å²) in [5.41, 5.74) is 4.42. The summed E-state index contributed by atoms with van der Waals surface area (Å²) in [5, 5.41) is 6.73. The molecule has 0 saturated carbocycles. The van der Waals surface area contributed by atoms with E-state index in [1.807, 2.05) is 36.4 Å². The Balaban J connectivity index is 1.68. The molecular formula is C24H24N2S4. The van der Waals surface area contributed by atoms with Crippen molar-refractivity contribution in [2.45, 2.75) is 36.5 Å². The second kappa shape index (κ2) is 11.5. The van der Waals surface area contributed by atoms with E-state index in [1.165, 1.54) is 20.9 Å². The van der Waals surface area contributed by atoms with Gasteiger partial charge in [0.25, 0.3) is 0 Å². The molecule has 0 fully saturated rings. The van der Waals surface area contributed by atoms with Crippen LogP contribution in [0.1, 0.15) is 25.0 Å². The van der Waals surface area contributed by atoms with Crippen molar-refractivity contribution in [2.24, 2.45) is 0 Å². The monoisotopic (exact) mass is 468 g/mol. The third-order valence-corrected chi connectivity index (χ3v) is 7.03. The SMILES string of the molecule is CCc1ccccc1SC(=S)Nc1ccccc1NC(=S)Sc1ccccc1CC. The lowest BCUT2D eigenvalue weighted by Crippen LogP contribution is -2.11. The molecule has 0 spiro atoms. The van der Waals surface area contributed by atoms with Crippen LogP contribution in [0, 0.1) is 0 Å². The van der Waals surface area contributed by atoms with Crippen molar-refractivity contribution >= 4 is 68.0 Å². The summed E-state index contributed by atoms with van der Waals surface area (Å²) in [7, 11) is 0. The molecule has 3 rings (SSSR count). The summed E-state index contributed by atoms with van der Waals surface area (Å²) in [6.07, 6.45) is 1.96. The number of nitrogens with one attached hydrogen (secondary N) is 2. The summed E-state index contributed by atoms with van der Waals surface area (Å²) in [5.74, 6) is 0. The zero-order valence-corrected chi connectivity index (χ0v) is 20.2. The second-order valence-corrected chi connectivity index (χ2v) is 9.93. The first-order valence-electron chi connectivity index (χ1n) is 9.83. The molecule has 30 heavy (non-hydrogen) atoms. The highest BCUT2D eigenvalue weighted by molar-refractivity contribution is 8.23. The van der Waals surface area contributed by atoms with Crippen molar-refractivity contribution in [3.63, 3.8) is 0 Å². The first kappa shape index (κ1) is 22.8. The number of aryl methyl sites for hydroxylation is 2. The van der Waals surface area contributed by atoms with E-state index in [4.69, 9.17) is 24.4 Å². The van der Waals surface area contributed by atoms with Gasteiger partial charge in [-0.05, 0) is 48.2 Å². The maximum absolute atomic E-state index is 5.62. The van der Waals surface area contributed by atoms with Gasteiger partial charge in [-0.2, -0.15) is 0 Å². The average molecular weight is 469 g/mol. The van der Waals surface area contributed by atoms with Gasteiger partial charge >= 0.3 is 0 Å². The lowest BCUT2D eigenvalue weighted by molar-refractivity contribution is 1.08. The third kappa shape index (κ3) is 6.32. The molecule has 0 unspecified atom stereocenters. The maximum Gasteiger partial charge on any atom is 0.143 e. The van der Waals surface area contributed by atoms with Gasteiger partial charge in [0.2, 0.25) is 0 Å². The van der Waals surface area contributed by atoms with E-state index in [2.05, 4.69) is 60.9 Å². The minimum Gasteiger partial charge on any atom is -0.339 e. The number of hydrogen-bond donors (Lipinski definition) is 2. The van der Waals surface area contributed by atoms with Crippen molar-refractivity contribution in [3.8, 4) is 0 Å². The van der Waals surface area contributed by atoms with E-state index < -0.39 is 0 Å². The summed E-state index contributed by atoms with van der Waals surface area (Å²) in [6, 6.07) is 24.7. The highest BCUT2D eigenvalue weighted by Crippen LogP contribution is 2.30. The largest absolute Gasteiger partial charge is 0.339 e. The number of rotatable bonds is 6. The Labute approximate surface area is 198 Å². The number of benzene rings is 3. The van der Waals surface area contributed by atoms with E-state index >= 15 is 0 Å². The highest BCUT2D eigenvalue weighted by atomic mass is 32.2. The summed E-state index contributed by atoms with van der Waals surface area (Å²) >= 11 is 14.4. The van der Waals surface area contributed by atoms with Crippen LogP contribution < -0.4 is 10.6 Å². The number of thioether (sulfide) groups is 2. The average Bonchev–Trinajstić information content (AvgIpc) is 2.76. The quantitative estimate of drug-likeness (QED) is 0.283. The van der Waals surface area contributed by atoms with Crippen molar-refractivity contribution in [3.05, 3.63) is 83.9 Å². The number of para-hydroxylation sites is 2. The zero-order valence-electron chi connectivity index (χ0n) is 17.0. The number of thiocarbonyl (C=S) groups is 2. The Morgan fingerprint density at radius 3 is 1.40 bits per heavy atom. The second-order valence-electron chi connectivity index (χ2n) is 6.50. The van der Waals surface area contributed by atoms with E-state index in [0.717, 1.165) is 24.2 Å². The molecule has 2 N–H and O–H groups in total. The zero-order chi connectivity index (χ0) is 21.3. The fourth-order valence-corrected chi connectivity index (χ4v) is 5.42. The molecule has 154 valence electrons. The highest BCUT2D eigenvalue weighted by Gasteiger charge is 2.10. The van der Waals surface area contributed by atoms with Crippen LogP contribution in [0.25, 0.3) is 0 Å². The Hall–Kier alpha value is -1.86. The van der Waals surface area contributed by atoms with E-state index in [-0.39, 0.29) is 0 Å². The molecule has 6 heteroatoms. The molecule has 0 radical (unpaired) electrons. The fraction of sp³-hybridized carbons (Fsp3) is 0.167. The Kier molecular flexibility index (Phi) is 8.75. The Morgan fingerprint density at radius 1 is 0.633 bits per heavy atom. The molecule has 0 saturated heterocycles. The summed E-state index contributed by atoms with van der Waals surface area (Å²) < 4.78 is 1.42. The van der Waals surface area contributed by atoms with Crippen LogP contribution in [0.15, 0.2) is 82.6 Å². The van der Waals surface area contributed by atoms with Crippen molar-refractivity contribution in [2.75, 3.05) is 10.6 Å². The lowest BCUT2D eigenvalue weighted by atomic mass is 10.2. The van der Waals surface area contributed by atoms with Crippen LogP contribution in [0.4, 0.5) is 11.4 Å². The van der Waals surface area contributed by atoms with Gasteiger partial charge < -0.3 is 10.6 Å². The topological polar surface area (TPSA) is 24.1 Å². The van der Waals surface area contributed by atoms with Crippen LogP contribution in [0.5, 0.6) is 0 Å². The smallest absolute Gasteiger partial charge is 0.143 e. The van der Waals surface area contributed by atoms with Gasteiger partial charge in [-0.1, -0.05) is 110 Å². The number of anilines is 2. The van der Waals surface area contributed by atoms with Crippen LogP contribution in [0.3, 0.4) is 0 Å². The van der Waals surface area contributed by atoms with Crippen LogP contribution in [-0.4, -0.2) is 8.64 Å². The van der Waals surface area contributed by atoms with Gasteiger partial charge in [-0.3, -0.25) is 0 Å². The van der Waals surface area contributed by atoms with E-state index in [0.29, 0.717) is 8.64 Å². The van der Waals surface area contributed by atoms with Crippen LogP contribution in [0.2, 0.25) is 0 Å². The Bertz CT molecular complexity index is 950. The van der Waals surface area contributed by atoms with Crippen LogP contribution >= 0.6 is 48.0 Å². The maximum atomic E-state index is 5.62. The molecule has 3 aromatic rings. The summed E-state index contributed by atoms with van der Waals surface area (Å²) in [6.45, 7) is 4.31. The normalized spacial score (nSPS) is 10.5. The van der Waals surface area contributed by atoms with Gasteiger partial charge in [0.1, 0.15) is 8.64 Å². The molecule has 0 heterocycles. The molecular weight excluding hydrogens is 445 g/mol. The minimum atomic E-state index is 0.708. The predicted octanol–water partition coefficient (Wildman–Crippen LogP) is 7.79. The van der Waals surface area contributed by atoms with Crippen LogP contribution in [-0.2, 0) is 12.8 Å². The molecule has 0 bridgehead atoms. The molecule has 3 aromatic carbocycles. The molecule has 0 aliphatic rings.